The molecular formula is C14H16BrN3O. The van der Waals surface area contributed by atoms with E-state index in [0.29, 0.717) is 18.2 Å². The van der Waals surface area contributed by atoms with Crippen LogP contribution in [0.5, 0.6) is 0 Å². The fourth-order valence-electron chi connectivity index (χ4n) is 2.36. The molecule has 0 amide bonds. The van der Waals surface area contributed by atoms with Crippen molar-refractivity contribution in [2.45, 2.75) is 25.2 Å². The topological polar surface area (TPSA) is 51.0 Å². The maximum Gasteiger partial charge on any atom is 0.231 e. The first kappa shape index (κ1) is 12.8. The predicted octanol–water partition coefficient (Wildman–Crippen LogP) is 2.89. The van der Waals surface area contributed by atoms with Crippen LogP contribution in [-0.2, 0) is 6.42 Å². The molecule has 0 radical (unpaired) electrons. The van der Waals surface area contributed by atoms with E-state index in [-0.39, 0.29) is 0 Å². The predicted molar refractivity (Wildman–Crippen MR) is 76.1 cm³/mol. The van der Waals surface area contributed by atoms with Gasteiger partial charge >= 0.3 is 0 Å². The van der Waals surface area contributed by atoms with Gasteiger partial charge < -0.3 is 9.84 Å². The van der Waals surface area contributed by atoms with Crippen molar-refractivity contribution in [2.75, 3.05) is 13.1 Å². The second-order valence-electron chi connectivity index (χ2n) is 4.87. The van der Waals surface area contributed by atoms with Gasteiger partial charge in [0.15, 0.2) is 5.82 Å². The Balaban J connectivity index is 1.68. The molecule has 0 saturated carbocycles. The number of halogens is 1. The summed E-state index contributed by atoms with van der Waals surface area (Å²) in [5.41, 5.74) is 1.18. The summed E-state index contributed by atoms with van der Waals surface area (Å²) in [6.45, 7) is 2.09. The fraction of sp³-hybridized carbons (Fsp3) is 0.429. The number of nitrogens with zero attached hydrogens (tertiary/aromatic N) is 2. The Kier molecular flexibility index (Phi) is 3.94. The van der Waals surface area contributed by atoms with Crippen LogP contribution in [0.1, 0.15) is 36.0 Å². The van der Waals surface area contributed by atoms with Gasteiger partial charge in [-0.3, -0.25) is 0 Å². The van der Waals surface area contributed by atoms with E-state index in [9.17, 15) is 0 Å². The van der Waals surface area contributed by atoms with Crippen LogP contribution in [0.2, 0.25) is 0 Å². The van der Waals surface area contributed by atoms with Gasteiger partial charge in [-0.25, -0.2) is 0 Å². The van der Waals surface area contributed by atoms with Gasteiger partial charge in [0, 0.05) is 10.4 Å². The van der Waals surface area contributed by atoms with Crippen LogP contribution in [0.15, 0.2) is 33.3 Å². The number of piperidine rings is 1. The quantitative estimate of drug-likeness (QED) is 0.944. The molecule has 1 N–H and O–H groups in total. The Morgan fingerprint density at radius 1 is 1.21 bits per heavy atom. The van der Waals surface area contributed by atoms with Crippen molar-refractivity contribution in [3.8, 4) is 0 Å². The number of hydrogen-bond acceptors (Lipinski definition) is 4. The zero-order valence-electron chi connectivity index (χ0n) is 10.6. The lowest BCUT2D eigenvalue weighted by molar-refractivity contribution is 0.365. The third-order valence-electron chi connectivity index (χ3n) is 3.46. The highest BCUT2D eigenvalue weighted by atomic mass is 79.9. The minimum absolute atomic E-state index is 0.448. The molecule has 2 aromatic rings. The zero-order valence-corrected chi connectivity index (χ0v) is 12.2. The summed E-state index contributed by atoms with van der Waals surface area (Å²) >= 11 is 3.43. The van der Waals surface area contributed by atoms with E-state index in [2.05, 4.69) is 43.5 Å². The van der Waals surface area contributed by atoms with Crippen LogP contribution in [0.25, 0.3) is 0 Å². The molecule has 1 fully saturated rings. The largest absolute Gasteiger partial charge is 0.339 e. The van der Waals surface area contributed by atoms with E-state index in [1.165, 1.54) is 5.56 Å². The highest BCUT2D eigenvalue weighted by Crippen LogP contribution is 2.23. The maximum atomic E-state index is 5.36. The molecular weight excluding hydrogens is 306 g/mol. The number of hydrogen-bond donors (Lipinski definition) is 1. The monoisotopic (exact) mass is 321 g/mol. The van der Waals surface area contributed by atoms with E-state index in [0.717, 1.165) is 36.2 Å². The molecule has 1 aliphatic heterocycles. The molecule has 0 aliphatic carbocycles. The average molecular weight is 322 g/mol. The van der Waals surface area contributed by atoms with Crippen LogP contribution >= 0.6 is 15.9 Å². The summed E-state index contributed by atoms with van der Waals surface area (Å²) < 4.78 is 6.44. The molecule has 19 heavy (non-hydrogen) atoms. The lowest BCUT2D eigenvalue weighted by Crippen LogP contribution is -2.27. The summed E-state index contributed by atoms with van der Waals surface area (Å²) in [7, 11) is 0. The van der Waals surface area contributed by atoms with Crippen molar-refractivity contribution in [1.82, 2.24) is 15.5 Å². The van der Waals surface area contributed by atoms with E-state index >= 15 is 0 Å². The summed E-state index contributed by atoms with van der Waals surface area (Å²) in [6.07, 6.45) is 2.89. The summed E-state index contributed by atoms with van der Waals surface area (Å²) in [5, 5.41) is 7.48. The number of benzene rings is 1. The third-order valence-corrected chi connectivity index (χ3v) is 3.99. The normalized spacial score (nSPS) is 16.7. The second kappa shape index (κ2) is 5.84. The Morgan fingerprint density at radius 2 is 1.95 bits per heavy atom. The van der Waals surface area contributed by atoms with Crippen LogP contribution in [0.3, 0.4) is 0 Å². The third kappa shape index (κ3) is 3.22. The van der Waals surface area contributed by atoms with Crippen molar-refractivity contribution in [3.63, 3.8) is 0 Å². The Bertz CT molecular complexity index is 532. The molecule has 100 valence electrons. The summed E-state index contributed by atoms with van der Waals surface area (Å²) in [4.78, 5) is 4.53. The average Bonchev–Trinajstić information content (AvgIpc) is 2.91. The summed E-state index contributed by atoms with van der Waals surface area (Å²) in [5.74, 6) is 2.02. The molecule has 0 atom stereocenters. The van der Waals surface area contributed by atoms with Crippen molar-refractivity contribution in [3.05, 3.63) is 46.0 Å². The van der Waals surface area contributed by atoms with Crippen molar-refractivity contribution in [2.24, 2.45) is 0 Å². The van der Waals surface area contributed by atoms with Gasteiger partial charge in [0.25, 0.3) is 0 Å². The first-order valence-electron chi connectivity index (χ1n) is 6.59. The smallest absolute Gasteiger partial charge is 0.231 e. The fourth-order valence-corrected chi connectivity index (χ4v) is 2.63. The van der Waals surface area contributed by atoms with E-state index in [1.54, 1.807) is 0 Å². The summed E-state index contributed by atoms with van der Waals surface area (Å²) in [6, 6.07) is 8.19. The lowest BCUT2D eigenvalue weighted by atomic mass is 9.98. The van der Waals surface area contributed by atoms with E-state index < -0.39 is 0 Å². The molecule has 0 spiro atoms. The molecule has 1 aliphatic rings. The molecule has 2 heterocycles. The number of rotatable bonds is 3. The number of nitrogens with one attached hydrogen (secondary N) is 1. The lowest BCUT2D eigenvalue weighted by Gasteiger charge is -2.18. The van der Waals surface area contributed by atoms with Crippen molar-refractivity contribution < 1.29 is 4.52 Å². The van der Waals surface area contributed by atoms with Crippen LogP contribution in [0.4, 0.5) is 0 Å². The molecule has 1 aromatic heterocycles. The van der Waals surface area contributed by atoms with Gasteiger partial charge in [0.05, 0.1) is 6.42 Å². The molecule has 1 saturated heterocycles. The molecule has 1 aromatic carbocycles. The SMILES string of the molecule is Brc1ccc(Cc2nc(C3CCNCC3)no2)cc1. The van der Waals surface area contributed by atoms with Gasteiger partial charge in [-0.1, -0.05) is 33.2 Å². The van der Waals surface area contributed by atoms with Gasteiger partial charge in [0.2, 0.25) is 5.89 Å². The first-order chi connectivity index (χ1) is 9.31. The molecule has 0 unspecified atom stereocenters. The minimum atomic E-state index is 0.448. The van der Waals surface area contributed by atoms with Crippen LogP contribution in [-0.4, -0.2) is 23.2 Å². The molecule has 4 nitrogen and oxygen atoms in total. The van der Waals surface area contributed by atoms with E-state index in [4.69, 9.17) is 4.52 Å². The second-order valence-corrected chi connectivity index (χ2v) is 5.79. The van der Waals surface area contributed by atoms with Crippen molar-refractivity contribution >= 4 is 15.9 Å². The zero-order chi connectivity index (χ0) is 13.1. The Labute approximate surface area is 120 Å². The Morgan fingerprint density at radius 3 is 2.68 bits per heavy atom. The standard InChI is InChI=1S/C14H16BrN3O/c15-12-3-1-10(2-4-12)9-13-17-14(18-19-13)11-5-7-16-8-6-11/h1-4,11,16H,5-9H2. The van der Waals surface area contributed by atoms with Gasteiger partial charge in [-0.15, -0.1) is 0 Å². The van der Waals surface area contributed by atoms with Gasteiger partial charge in [-0.2, -0.15) is 4.98 Å². The minimum Gasteiger partial charge on any atom is -0.339 e. The Hall–Kier alpha value is -1.20. The highest BCUT2D eigenvalue weighted by molar-refractivity contribution is 9.10. The first-order valence-corrected chi connectivity index (χ1v) is 7.38. The molecule has 3 rings (SSSR count). The highest BCUT2D eigenvalue weighted by Gasteiger charge is 2.20. The van der Waals surface area contributed by atoms with Gasteiger partial charge in [-0.05, 0) is 43.6 Å². The van der Waals surface area contributed by atoms with Crippen molar-refractivity contribution in [1.29, 1.82) is 0 Å². The van der Waals surface area contributed by atoms with Crippen LogP contribution in [0, 0.1) is 0 Å². The maximum absolute atomic E-state index is 5.36. The van der Waals surface area contributed by atoms with Crippen LogP contribution < -0.4 is 5.32 Å². The van der Waals surface area contributed by atoms with Gasteiger partial charge in [0.1, 0.15) is 0 Å². The molecule has 5 heteroatoms. The van der Waals surface area contributed by atoms with E-state index in [1.807, 2.05) is 12.1 Å². The number of aromatic nitrogens is 2. The molecule has 0 bridgehead atoms.